The van der Waals surface area contributed by atoms with E-state index >= 15 is 0 Å². The zero-order chi connectivity index (χ0) is 46.5. The number of aliphatic hydroxyl groups excluding tert-OH is 2. The van der Waals surface area contributed by atoms with Crippen molar-refractivity contribution in [3.05, 3.63) is 36.5 Å². The summed E-state index contributed by atoms with van der Waals surface area (Å²) in [5.74, 6) is -0.0773. The smallest absolute Gasteiger partial charge is 0.305 e. The maximum Gasteiger partial charge on any atom is 0.305 e. The molecule has 0 saturated carbocycles. The molecule has 376 valence electrons. The predicted molar refractivity (Wildman–Crippen MR) is 278 cm³/mol. The van der Waals surface area contributed by atoms with Gasteiger partial charge in [0, 0.05) is 12.8 Å². The van der Waals surface area contributed by atoms with Gasteiger partial charge >= 0.3 is 5.97 Å². The minimum absolute atomic E-state index is 0.00169. The molecule has 0 bridgehead atoms. The Morgan fingerprint density at radius 3 is 1.11 bits per heavy atom. The van der Waals surface area contributed by atoms with Crippen LogP contribution in [0.5, 0.6) is 0 Å². The Hall–Kier alpha value is -1.92. The molecule has 2 unspecified atom stereocenters. The lowest BCUT2D eigenvalue weighted by molar-refractivity contribution is -0.143. The van der Waals surface area contributed by atoms with E-state index in [2.05, 4.69) is 43.5 Å². The monoisotopic (exact) mass is 900 g/mol. The van der Waals surface area contributed by atoms with Crippen molar-refractivity contribution in [2.24, 2.45) is 0 Å². The highest BCUT2D eigenvalue weighted by Gasteiger charge is 2.18. The van der Waals surface area contributed by atoms with Crippen LogP contribution in [0.1, 0.15) is 296 Å². The number of nitrogens with one attached hydrogen (secondary N) is 1. The summed E-state index contributed by atoms with van der Waals surface area (Å²) in [5, 5.41) is 22.9. The molecule has 0 aliphatic heterocycles. The summed E-state index contributed by atoms with van der Waals surface area (Å²) in [4.78, 5) is 24.4. The molecule has 0 heterocycles. The number of hydrogen-bond acceptors (Lipinski definition) is 5. The van der Waals surface area contributed by atoms with Crippen LogP contribution in [0.25, 0.3) is 0 Å². The number of carbonyl (C=O) groups is 2. The van der Waals surface area contributed by atoms with Gasteiger partial charge in [0.15, 0.2) is 0 Å². The highest BCUT2D eigenvalue weighted by molar-refractivity contribution is 5.76. The Morgan fingerprint density at radius 2 is 0.734 bits per heavy atom. The van der Waals surface area contributed by atoms with Gasteiger partial charge in [0.2, 0.25) is 5.91 Å². The Kier molecular flexibility index (Phi) is 52.1. The summed E-state index contributed by atoms with van der Waals surface area (Å²) in [7, 11) is 0. The molecule has 0 rings (SSSR count). The van der Waals surface area contributed by atoms with Crippen molar-refractivity contribution in [3.8, 4) is 0 Å². The fourth-order valence-electron chi connectivity index (χ4n) is 8.50. The molecule has 0 spiro atoms. The topological polar surface area (TPSA) is 95.9 Å². The minimum Gasteiger partial charge on any atom is -0.466 e. The maximum absolute atomic E-state index is 12.4. The van der Waals surface area contributed by atoms with E-state index in [1.807, 2.05) is 6.08 Å². The van der Waals surface area contributed by atoms with Gasteiger partial charge < -0.3 is 20.3 Å². The van der Waals surface area contributed by atoms with Crippen molar-refractivity contribution in [2.45, 2.75) is 309 Å². The number of esters is 1. The number of aliphatic hydroxyl groups is 2. The SMILES string of the molecule is CCCCCCCC/C=C\CCCCCCCCCC(=O)OCCCCCCCCCCC/C=C\CCCCCCCCCC(=O)NC(CO)C(O)/C=C/CCCCCCCCCC. The number of hydrogen-bond donors (Lipinski definition) is 3. The number of amides is 1. The van der Waals surface area contributed by atoms with Crippen molar-refractivity contribution >= 4 is 11.9 Å². The van der Waals surface area contributed by atoms with E-state index in [-0.39, 0.29) is 18.5 Å². The molecule has 1 amide bonds. The zero-order valence-electron chi connectivity index (χ0n) is 42.8. The Labute approximate surface area is 398 Å². The van der Waals surface area contributed by atoms with E-state index in [4.69, 9.17) is 4.74 Å². The Bertz CT molecular complexity index is 1040. The highest BCUT2D eigenvalue weighted by atomic mass is 16.5. The van der Waals surface area contributed by atoms with E-state index in [1.54, 1.807) is 6.08 Å². The van der Waals surface area contributed by atoms with Crippen LogP contribution in [-0.4, -0.2) is 47.4 Å². The van der Waals surface area contributed by atoms with Gasteiger partial charge in [-0.05, 0) is 83.5 Å². The van der Waals surface area contributed by atoms with Crippen molar-refractivity contribution in [1.82, 2.24) is 5.32 Å². The fourth-order valence-corrected chi connectivity index (χ4v) is 8.50. The van der Waals surface area contributed by atoms with Crippen LogP contribution in [-0.2, 0) is 14.3 Å². The van der Waals surface area contributed by atoms with Gasteiger partial charge in [-0.15, -0.1) is 0 Å². The third-order valence-electron chi connectivity index (χ3n) is 12.9. The lowest BCUT2D eigenvalue weighted by Gasteiger charge is -2.20. The predicted octanol–water partition coefficient (Wildman–Crippen LogP) is 17.2. The average molecular weight is 901 g/mol. The molecule has 2 atom stereocenters. The summed E-state index contributed by atoms with van der Waals surface area (Å²) in [5.41, 5.74) is 0. The van der Waals surface area contributed by atoms with Crippen molar-refractivity contribution < 1.29 is 24.5 Å². The second kappa shape index (κ2) is 53.7. The van der Waals surface area contributed by atoms with Gasteiger partial charge in [-0.25, -0.2) is 0 Å². The van der Waals surface area contributed by atoms with Crippen LogP contribution < -0.4 is 5.32 Å². The zero-order valence-corrected chi connectivity index (χ0v) is 42.8. The first-order valence-corrected chi connectivity index (χ1v) is 28.3. The standard InChI is InChI=1S/C58H109NO5/c1-3-5-7-9-11-13-15-16-17-22-26-29-32-36-40-44-48-52-58(63)64-53-49-45-41-37-33-30-27-24-21-19-18-20-23-25-28-31-35-39-43-47-51-57(62)59-55(54-60)56(61)50-46-42-38-34-14-12-10-8-6-4-2/h16-18,20,46,50,55-56,60-61H,3-15,19,21-45,47-49,51-54H2,1-2H3,(H,59,62)/b17-16-,20-18-,50-46+. The van der Waals surface area contributed by atoms with E-state index in [0.29, 0.717) is 19.4 Å². The number of allylic oxidation sites excluding steroid dienone is 5. The van der Waals surface area contributed by atoms with E-state index < -0.39 is 12.1 Å². The van der Waals surface area contributed by atoms with E-state index in [1.165, 1.54) is 218 Å². The van der Waals surface area contributed by atoms with Crippen LogP contribution in [0, 0.1) is 0 Å². The van der Waals surface area contributed by atoms with Crippen LogP contribution in [0.3, 0.4) is 0 Å². The molecule has 6 heteroatoms. The molecule has 64 heavy (non-hydrogen) atoms. The number of rotatable bonds is 52. The second-order valence-electron chi connectivity index (χ2n) is 19.3. The minimum atomic E-state index is -0.848. The Balaban J connectivity index is 3.42. The molecule has 0 radical (unpaired) electrons. The summed E-state index contributed by atoms with van der Waals surface area (Å²) in [6.07, 6.45) is 66.0. The van der Waals surface area contributed by atoms with Gasteiger partial charge in [-0.2, -0.15) is 0 Å². The first-order valence-electron chi connectivity index (χ1n) is 28.3. The van der Waals surface area contributed by atoms with Crippen molar-refractivity contribution in [1.29, 1.82) is 0 Å². The highest BCUT2D eigenvalue weighted by Crippen LogP contribution is 2.15. The third-order valence-corrected chi connectivity index (χ3v) is 12.9. The molecular formula is C58H109NO5. The lowest BCUT2D eigenvalue weighted by atomic mass is 10.1. The maximum atomic E-state index is 12.4. The fraction of sp³-hybridized carbons (Fsp3) is 0.862. The Morgan fingerprint density at radius 1 is 0.422 bits per heavy atom. The number of ether oxygens (including phenoxy) is 1. The molecular weight excluding hydrogens is 791 g/mol. The molecule has 0 aromatic rings. The quantitative estimate of drug-likeness (QED) is 0.0321. The first kappa shape index (κ1) is 62.1. The van der Waals surface area contributed by atoms with Crippen molar-refractivity contribution in [3.63, 3.8) is 0 Å². The van der Waals surface area contributed by atoms with Crippen LogP contribution in [0.15, 0.2) is 36.5 Å². The van der Waals surface area contributed by atoms with E-state index in [0.717, 1.165) is 51.4 Å². The summed E-state index contributed by atoms with van der Waals surface area (Å²) < 4.78 is 5.48. The molecule has 0 fully saturated rings. The number of unbranched alkanes of at least 4 members (excludes halogenated alkanes) is 37. The summed E-state index contributed by atoms with van der Waals surface area (Å²) in [6.45, 7) is 4.87. The van der Waals surface area contributed by atoms with Crippen molar-refractivity contribution in [2.75, 3.05) is 13.2 Å². The second-order valence-corrected chi connectivity index (χ2v) is 19.3. The molecule has 0 aliphatic carbocycles. The normalized spacial score (nSPS) is 12.9. The lowest BCUT2D eigenvalue weighted by Crippen LogP contribution is -2.45. The average Bonchev–Trinajstić information content (AvgIpc) is 3.29. The summed E-state index contributed by atoms with van der Waals surface area (Å²) >= 11 is 0. The third kappa shape index (κ3) is 49.5. The van der Waals surface area contributed by atoms with E-state index in [9.17, 15) is 19.8 Å². The van der Waals surface area contributed by atoms with Gasteiger partial charge in [-0.1, -0.05) is 237 Å². The first-order chi connectivity index (χ1) is 31.5. The van der Waals surface area contributed by atoms with Crippen LogP contribution in [0.2, 0.25) is 0 Å². The molecule has 0 aromatic carbocycles. The van der Waals surface area contributed by atoms with Gasteiger partial charge in [-0.3, -0.25) is 9.59 Å². The largest absolute Gasteiger partial charge is 0.466 e. The van der Waals surface area contributed by atoms with Gasteiger partial charge in [0.25, 0.3) is 0 Å². The molecule has 0 aliphatic rings. The molecule has 6 nitrogen and oxygen atoms in total. The molecule has 0 saturated heterocycles. The summed E-state index contributed by atoms with van der Waals surface area (Å²) in [6, 6.07) is -0.633. The molecule has 0 aromatic heterocycles. The van der Waals surface area contributed by atoms with Crippen LogP contribution in [0.4, 0.5) is 0 Å². The number of carbonyl (C=O) groups excluding carboxylic acids is 2. The van der Waals surface area contributed by atoms with Crippen LogP contribution >= 0.6 is 0 Å². The van der Waals surface area contributed by atoms with Gasteiger partial charge in [0.05, 0.1) is 25.4 Å². The molecule has 3 N–H and O–H groups in total. The van der Waals surface area contributed by atoms with Gasteiger partial charge in [0.1, 0.15) is 0 Å².